The molecule has 0 N–H and O–H groups in total. The lowest BCUT2D eigenvalue weighted by molar-refractivity contribution is -0.117. The Hall–Kier alpha value is -1.21. The summed E-state index contributed by atoms with van der Waals surface area (Å²) in [5, 5.41) is 7.49. The van der Waals surface area contributed by atoms with Gasteiger partial charge in [0.15, 0.2) is 5.82 Å². The summed E-state index contributed by atoms with van der Waals surface area (Å²) in [7, 11) is 1.59. The normalized spacial score (nSPS) is 20.9. The molecule has 0 aliphatic carbocycles. The van der Waals surface area contributed by atoms with Crippen molar-refractivity contribution in [1.82, 2.24) is 10.2 Å². The number of carbonyl (C=O) groups is 1. The lowest BCUT2D eigenvalue weighted by atomic mass is 10.1. The van der Waals surface area contributed by atoms with Crippen LogP contribution in [0.15, 0.2) is 18.3 Å². The summed E-state index contributed by atoms with van der Waals surface area (Å²) in [6.45, 7) is 0.309. The SMILES string of the molecule is O=C1CC(CS(=O)(=O)Cl)CN1c1cccnn1. The second-order valence-corrected chi connectivity index (χ2v) is 6.68. The van der Waals surface area contributed by atoms with Gasteiger partial charge in [0, 0.05) is 35.8 Å². The van der Waals surface area contributed by atoms with Crippen molar-refractivity contribution >= 4 is 31.5 Å². The number of anilines is 1. The summed E-state index contributed by atoms with van der Waals surface area (Å²) in [5.41, 5.74) is 0. The molecule has 1 aromatic rings. The van der Waals surface area contributed by atoms with Gasteiger partial charge in [0.05, 0.1) is 5.75 Å². The van der Waals surface area contributed by atoms with E-state index in [-0.39, 0.29) is 24.0 Å². The van der Waals surface area contributed by atoms with E-state index < -0.39 is 9.05 Å². The largest absolute Gasteiger partial charge is 0.295 e. The Labute approximate surface area is 103 Å². The van der Waals surface area contributed by atoms with Gasteiger partial charge in [-0.1, -0.05) is 0 Å². The van der Waals surface area contributed by atoms with Crippen molar-refractivity contribution in [2.24, 2.45) is 5.92 Å². The minimum absolute atomic E-state index is 0.157. The average molecular weight is 276 g/mol. The van der Waals surface area contributed by atoms with Gasteiger partial charge in [-0.25, -0.2) is 8.42 Å². The van der Waals surface area contributed by atoms with Gasteiger partial charge in [-0.15, -0.1) is 5.10 Å². The minimum atomic E-state index is -3.58. The topological polar surface area (TPSA) is 80.2 Å². The fraction of sp³-hybridized carbons (Fsp3) is 0.444. The van der Waals surface area contributed by atoms with E-state index in [1.807, 2.05) is 0 Å². The second kappa shape index (κ2) is 4.58. The molecule has 0 aromatic carbocycles. The van der Waals surface area contributed by atoms with Gasteiger partial charge in [0.2, 0.25) is 15.0 Å². The van der Waals surface area contributed by atoms with Crippen LogP contribution >= 0.6 is 10.7 Å². The van der Waals surface area contributed by atoms with Crippen molar-refractivity contribution in [2.45, 2.75) is 6.42 Å². The first-order valence-electron chi connectivity index (χ1n) is 4.96. The molecule has 8 heteroatoms. The Kier molecular flexibility index (Phi) is 3.30. The third kappa shape index (κ3) is 3.13. The first kappa shape index (κ1) is 12.3. The molecule has 1 unspecified atom stereocenters. The molecule has 1 aliphatic rings. The Morgan fingerprint density at radius 1 is 1.53 bits per heavy atom. The van der Waals surface area contributed by atoms with Gasteiger partial charge in [0.1, 0.15) is 0 Å². The van der Waals surface area contributed by atoms with Crippen molar-refractivity contribution < 1.29 is 13.2 Å². The maximum atomic E-state index is 11.7. The first-order valence-corrected chi connectivity index (χ1v) is 7.44. The molecule has 17 heavy (non-hydrogen) atoms. The average Bonchev–Trinajstić information content (AvgIpc) is 2.58. The molecule has 2 heterocycles. The quantitative estimate of drug-likeness (QED) is 0.746. The Balaban J connectivity index is 2.11. The molecular formula is C9H10ClN3O3S. The van der Waals surface area contributed by atoms with Gasteiger partial charge < -0.3 is 0 Å². The summed E-state index contributed by atoms with van der Waals surface area (Å²) >= 11 is 0. The van der Waals surface area contributed by atoms with E-state index in [1.165, 1.54) is 11.1 Å². The highest BCUT2D eigenvalue weighted by Gasteiger charge is 2.33. The van der Waals surface area contributed by atoms with Crippen LogP contribution < -0.4 is 4.90 Å². The molecular weight excluding hydrogens is 266 g/mol. The van der Waals surface area contributed by atoms with Crippen molar-refractivity contribution in [1.29, 1.82) is 0 Å². The monoisotopic (exact) mass is 275 g/mol. The highest BCUT2D eigenvalue weighted by atomic mass is 35.7. The number of halogens is 1. The molecule has 1 amide bonds. The fourth-order valence-corrected chi connectivity index (χ4v) is 3.15. The van der Waals surface area contributed by atoms with Crippen LogP contribution in [-0.2, 0) is 13.8 Å². The van der Waals surface area contributed by atoms with Crippen LogP contribution in [0.4, 0.5) is 5.82 Å². The molecule has 1 aromatic heterocycles. The van der Waals surface area contributed by atoms with Crippen LogP contribution in [0.25, 0.3) is 0 Å². The van der Waals surface area contributed by atoms with E-state index in [4.69, 9.17) is 10.7 Å². The van der Waals surface area contributed by atoms with Gasteiger partial charge in [0.25, 0.3) is 0 Å². The molecule has 0 spiro atoms. The third-order valence-electron chi connectivity index (χ3n) is 2.47. The molecule has 1 atom stereocenters. The molecule has 0 bridgehead atoms. The summed E-state index contributed by atoms with van der Waals surface area (Å²) in [6, 6.07) is 3.32. The van der Waals surface area contributed by atoms with Gasteiger partial charge in [-0.2, -0.15) is 5.10 Å². The number of hydrogen-bond acceptors (Lipinski definition) is 5. The van der Waals surface area contributed by atoms with Crippen molar-refractivity contribution in [2.75, 3.05) is 17.2 Å². The van der Waals surface area contributed by atoms with E-state index in [1.54, 1.807) is 12.1 Å². The zero-order valence-electron chi connectivity index (χ0n) is 8.78. The summed E-state index contributed by atoms with van der Waals surface area (Å²) in [4.78, 5) is 13.1. The first-order chi connectivity index (χ1) is 7.96. The predicted molar refractivity (Wildman–Crippen MR) is 62.1 cm³/mol. The number of rotatable bonds is 3. The molecule has 92 valence electrons. The van der Waals surface area contributed by atoms with Crippen LogP contribution in [0.2, 0.25) is 0 Å². The molecule has 0 saturated carbocycles. The molecule has 1 aliphatic heterocycles. The summed E-state index contributed by atoms with van der Waals surface area (Å²) in [6.07, 6.45) is 1.67. The van der Waals surface area contributed by atoms with Gasteiger partial charge >= 0.3 is 0 Å². The van der Waals surface area contributed by atoms with Crippen LogP contribution in [0.3, 0.4) is 0 Å². The Morgan fingerprint density at radius 3 is 2.88 bits per heavy atom. The van der Waals surface area contributed by atoms with E-state index in [0.29, 0.717) is 12.4 Å². The van der Waals surface area contributed by atoms with Crippen LogP contribution in [-0.4, -0.2) is 36.8 Å². The van der Waals surface area contributed by atoms with Crippen LogP contribution in [0.1, 0.15) is 6.42 Å². The van der Waals surface area contributed by atoms with E-state index in [9.17, 15) is 13.2 Å². The number of hydrogen-bond donors (Lipinski definition) is 0. The standard InChI is InChI=1S/C9H10ClN3O3S/c10-17(15,16)6-7-4-9(14)13(5-7)8-2-1-3-11-12-8/h1-3,7H,4-6H2. The Bertz CT molecular complexity index is 520. The van der Waals surface area contributed by atoms with Gasteiger partial charge in [-0.3, -0.25) is 9.69 Å². The molecule has 6 nitrogen and oxygen atoms in total. The highest BCUT2D eigenvalue weighted by molar-refractivity contribution is 8.13. The lowest BCUT2D eigenvalue weighted by Gasteiger charge is -2.13. The molecule has 0 radical (unpaired) electrons. The van der Waals surface area contributed by atoms with Gasteiger partial charge in [-0.05, 0) is 12.1 Å². The number of carbonyl (C=O) groups excluding carboxylic acids is 1. The maximum absolute atomic E-state index is 11.7. The molecule has 1 saturated heterocycles. The van der Waals surface area contributed by atoms with Crippen LogP contribution in [0.5, 0.6) is 0 Å². The smallest absolute Gasteiger partial charge is 0.232 e. The van der Waals surface area contributed by atoms with E-state index in [0.717, 1.165) is 0 Å². The van der Waals surface area contributed by atoms with Crippen LogP contribution in [0, 0.1) is 5.92 Å². The predicted octanol–water partition coefficient (Wildman–Crippen LogP) is 0.398. The molecule has 2 rings (SSSR count). The zero-order valence-corrected chi connectivity index (χ0v) is 10.4. The summed E-state index contributed by atoms with van der Waals surface area (Å²) in [5.74, 6) is -0.202. The zero-order chi connectivity index (χ0) is 12.5. The number of nitrogens with zero attached hydrogens (tertiary/aromatic N) is 3. The lowest BCUT2D eigenvalue weighted by Crippen LogP contribution is -2.26. The molecule has 1 fully saturated rings. The number of amides is 1. The van der Waals surface area contributed by atoms with Crippen molar-refractivity contribution in [3.63, 3.8) is 0 Å². The number of aromatic nitrogens is 2. The highest BCUT2D eigenvalue weighted by Crippen LogP contribution is 2.24. The van der Waals surface area contributed by atoms with E-state index >= 15 is 0 Å². The third-order valence-corrected chi connectivity index (χ3v) is 3.72. The Morgan fingerprint density at radius 2 is 2.29 bits per heavy atom. The van der Waals surface area contributed by atoms with Crippen molar-refractivity contribution in [3.05, 3.63) is 18.3 Å². The maximum Gasteiger partial charge on any atom is 0.232 e. The fourth-order valence-electron chi connectivity index (χ4n) is 1.83. The van der Waals surface area contributed by atoms with Crippen molar-refractivity contribution in [3.8, 4) is 0 Å². The second-order valence-electron chi connectivity index (χ2n) is 3.86. The minimum Gasteiger partial charge on any atom is -0.295 e. The van der Waals surface area contributed by atoms with E-state index in [2.05, 4.69) is 10.2 Å². The summed E-state index contributed by atoms with van der Waals surface area (Å²) < 4.78 is 21.9.